The van der Waals surface area contributed by atoms with Gasteiger partial charge in [-0.2, -0.15) is 0 Å². The van der Waals surface area contributed by atoms with Crippen molar-refractivity contribution in [2.45, 2.75) is 0 Å². The largest absolute Gasteiger partial charge is 0.369 e. The summed E-state index contributed by atoms with van der Waals surface area (Å²) in [7, 11) is 0. The SMILES string of the molecule is NC(=Nc1cccc2ccccc12)Nc1cc(Br)ccc1Br. The van der Waals surface area contributed by atoms with Crippen molar-refractivity contribution in [2.75, 3.05) is 5.32 Å². The summed E-state index contributed by atoms with van der Waals surface area (Å²) >= 11 is 6.93. The Bertz CT molecular complexity index is 854. The average Bonchev–Trinajstić information content (AvgIpc) is 2.51. The first kappa shape index (κ1) is 15.1. The van der Waals surface area contributed by atoms with Gasteiger partial charge in [0.1, 0.15) is 0 Å². The Morgan fingerprint density at radius 2 is 1.73 bits per heavy atom. The van der Waals surface area contributed by atoms with Crippen LogP contribution >= 0.6 is 31.9 Å². The Morgan fingerprint density at radius 3 is 2.59 bits per heavy atom. The van der Waals surface area contributed by atoms with Crippen LogP contribution in [-0.2, 0) is 0 Å². The molecule has 5 heteroatoms. The van der Waals surface area contributed by atoms with E-state index in [1.165, 1.54) is 0 Å². The van der Waals surface area contributed by atoms with Gasteiger partial charge in [0.15, 0.2) is 5.96 Å². The van der Waals surface area contributed by atoms with Gasteiger partial charge in [-0.15, -0.1) is 0 Å². The second-order valence-electron chi connectivity index (χ2n) is 4.74. The van der Waals surface area contributed by atoms with Gasteiger partial charge < -0.3 is 11.1 Å². The molecular formula is C17H13Br2N3. The molecule has 0 radical (unpaired) electrons. The standard InChI is InChI=1S/C17H13Br2N3/c18-12-8-9-14(19)16(10-12)22-17(20)21-15-7-3-5-11-4-1-2-6-13(11)15/h1-10H,(H3,20,21,22). The summed E-state index contributed by atoms with van der Waals surface area (Å²) in [6.07, 6.45) is 0. The minimum Gasteiger partial charge on any atom is -0.369 e. The molecule has 0 aliphatic heterocycles. The van der Waals surface area contributed by atoms with E-state index in [2.05, 4.69) is 54.3 Å². The van der Waals surface area contributed by atoms with Gasteiger partial charge in [-0.05, 0) is 45.6 Å². The van der Waals surface area contributed by atoms with Crippen LogP contribution in [0.1, 0.15) is 0 Å². The highest BCUT2D eigenvalue weighted by molar-refractivity contribution is 9.11. The Kier molecular flexibility index (Phi) is 4.45. The Labute approximate surface area is 145 Å². The molecule has 0 atom stereocenters. The molecule has 0 spiro atoms. The van der Waals surface area contributed by atoms with Crippen molar-refractivity contribution in [1.82, 2.24) is 0 Å². The minimum atomic E-state index is 0.343. The van der Waals surface area contributed by atoms with E-state index in [9.17, 15) is 0 Å². The minimum absolute atomic E-state index is 0.343. The second kappa shape index (κ2) is 6.50. The molecule has 3 N–H and O–H groups in total. The number of halogens is 2. The number of nitrogens with two attached hydrogens (primary N) is 1. The molecular weight excluding hydrogens is 406 g/mol. The quantitative estimate of drug-likeness (QED) is 0.431. The summed E-state index contributed by atoms with van der Waals surface area (Å²) in [5.41, 5.74) is 7.75. The molecule has 110 valence electrons. The van der Waals surface area contributed by atoms with Crippen molar-refractivity contribution in [3.63, 3.8) is 0 Å². The Morgan fingerprint density at radius 1 is 0.955 bits per heavy atom. The van der Waals surface area contributed by atoms with Crippen LogP contribution in [0.5, 0.6) is 0 Å². The average molecular weight is 419 g/mol. The lowest BCUT2D eigenvalue weighted by Gasteiger charge is -2.09. The topological polar surface area (TPSA) is 50.4 Å². The molecule has 0 saturated carbocycles. The van der Waals surface area contributed by atoms with E-state index in [4.69, 9.17) is 5.73 Å². The zero-order valence-electron chi connectivity index (χ0n) is 11.6. The highest BCUT2D eigenvalue weighted by atomic mass is 79.9. The number of hydrogen-bond donors (Lipinski definition) is 2. The van der Waals surface area contributed by atoms with Crippen LogP contribution in [0.3, 0.4) is 0 Å². The van der Waals surface area contributed by atoms with E-state index < -0.39 is 0 Å². The van der Waals surface area contributed by atoms with Crippen molar-refractivity contribution in [1.29, 1.82) is 0 Å². The van der Waals surface area contributed by atoms with E-state index in [-0.39, 0.29) is 0 Å². The predicted octanol–water partition coefficient (Wildman–Crippen LogP) is 5.42. The van der Waals surface area contributed by atoms with E-state index in [0.29, 0.717) is 5.96 Å². The fraction of sp³-hybridized carbons (Fsp3) is 0. The van der Waals surface area contributed by atoms with Gasteiger partial charge in [0, 0.05) is 14.3 Å². The fourth-order valence-corrected chi connectivity index (χ4v) is 2.90. The maximum atomic E-state index is 6.05. The van der Waals surface area contributed by atoms with Gasteiger partial charge in [-0.3, -0.25) is 0 Å². The van der Waals surface area contributed by atoms with Gasteiger partial charge in [0.2, 0.25) is 0 Å². The molecule has 0 unspecified atom stereocenters. The third-order valence-corrected chi connectivity index (χ3v) is 4.38. The normalized spacial score (nSPS) is 11.6. The van der Waals surface area contributed by atoms with Crippen LogP contribution in [0.4, 0.5) is 11.4 Å². The molecule has 0 saturated heterocycles. The van der Waals surface area contributed by atoms with Crippen molar-refractivity contribution < 1.29 is 0 Å². The van der Waals surface area contributed by atoms with Crippen molar-refractivity contribution in [3.05, 3.63) is 69.6 Å². The molecule has 3 aromatic carbocycles. The van der Waals surface area contributed by atoms with Crippen molar-refractivity contribution in [3.8, 4) is 0 Å². The van der Waals surface area contributed by atoms with Gasteiger partial charge in [-0.1, -0.05) is 52.3 Å². The van der Waals surface area contributed by atoms with Crippen LogP contribution in [-0.4, -0.2) is 5.96 Å². The number of guanidine groups is 1. The van der Waals surface area contributed by atoms with E-state index in [1.807, 2.05) is 48.5 Å². The monoisotopic (exact) mass is 417 g/mol. The summed E-state index contributed by atoms with van der Waals surface area (Å²) in [4.78, 5) is 4.50. The summed E-state index contributed by atoms with van der Waals surface area (Å²) in [6.45, 7) is 0. The first-order chi connectivity index (χ1) is 10.6. The number of hydrogen-bond acceptors (Lipinski definition) is 1. The molecule has 3 rings (SSSR count). The van der Waals surface area contributed by atoms with Crippen LogP contribution in [0.2, 0.25) is 0 Å². The molecule has 0 amide bonds. The lowest BCUT2D eigenvalue weighted by Crippen LogP contribution is -2.22. The fourth-order valence-electron chi connectivity index (χ4n) is 2.19. The number of benzene rings is 3. The molecule has 0 heterocycles. The summed E-state index contributed by atoms with van der Waals surface area (Å²) < 4.78 is 1.89. The third-order valence-electron chi connectivity index (χ3n) is 3.20. The smallest absolute Gasteiger partial charge is 0.198 e. The maximum Gasteiger partial charge on any atom is 0.198 e. The van der Waals surface area contributed by atoms with Crippen LogP contribution in [0, 0.1) is 0 Å². The zero-order chi connectivity index (χ0) is 15.5. The van der Waals surface area contributed by atoms with Crippen molar-refractivity contribution >= 4 is 60.0 Å². The summed E-state index contributed by atoms with van der Waals surface area (Å²) in [6, 6.07) is 19.9. The Balaban J connectivity index is 1.95. The van der Waals surface area contributed by atoms with E-state index in [1.54, 1.807) is 0 Å². The number of rotatable bonds is 2. The molecule has 0 aromatic heterocycles. The van der Waals surface area contributed by atoms with Crippen LogP contribution in [0.25, 0.3) is 10.8 Å². The van der Waals surface area contributed by atoms with Gasteiger partial charge in [0.05, 0.1) is 11.4 Å². The van der Waals surface area contributed by atoms with Gasteiger partial charge >= 0.3 is 0 Å². The lowest BCUT2D eigenvalue weighted by molar-refractivity contribution is 1.45. The van der Waals surface area contributed by atoms with E-state index in [0.717, 1.165) is 31.1 Å². The molecule has 0 aliphatic rings. The van der Waals surface area contributed by atoms with Gasteiger partial charge in [0.25, 0.3) is 0 Å². The molecule has 22 heavy (non-hydrogen) atoms. The zero-order valence-corrected chi connectivity index (χ0v) is 14.7. The lowest BCUT2D eigenvalue weighted by atomic mass is 10.1. The number of fused-ring (bicyclic) bond motifs is 1. The molecule has 3 nitrogen and oxygen atoms in total. The van der Waals surface area contributed by atoms with E-state index >= 15 is 0 Å². The number of aliphatic imine (C=N–C) groups is 1. The van der Waals surface area contributed by atoms with Crippen molar-refractivity contribution in [2.24, 2.45) is 10.7 Å². The molecule has 3 aromatic rings. The molecule has 0 bridgehead atoms. The van der Waals surface area contributed by atoms with Crippen LogP contribution in [0.15, 0.2) is 74.6 Å². The molecule has 0 fully saturated rings. The van der Waals surface area contributed by atoms with Gasteiger partial charge in [-0.25, -0.2) is 4.99 Å². The van der Waals surface area contributed by atoms with Crippen LogP contribution < -0.4 is 11.1 Å². The first-order valence-corrected chi connectivity index (χ1v) is 8.26. The first-order valence-electron chi connectivity index (χ1n) is 6.67. The third kappa shape index (κ3) is 3.31. The Hall–Kier alpha value is -1.85. The highest BCUT2D eigenvalue weighted by Crippen LogP contribution is 2.28. The molecule has 0 aliphatic carbocycles. The summed E-state index contributed by atoms with van der Waals surface area (Å²) in [5, 5.41) is 5.33. The maximum absolute atomic E-state index is 6.05. The predicted molar refractivity (Wildman–Crippen MR) is 101 cm³/mol. The number of anilines is 1. The second-order valence-corrected chi connectivity index (χ2v) is 6.51. The summed E-state index contributed by atoms with van der Waals surface area (Å²) in [5.74, 6) is 0.343. The highest BCUT2D eigenvalue weighted by Gasteiger charge is 2.04. The number of nitrogens with one attached hydrogen (secondary N) is 1. The number of nitrogens with zero attached hydrogens (tertiary/aromatic N) is 1.